The molecule has 0 aliphatic heterocycles. The lowest BCUT2D eigenvalue weighted by atomic mass is 9.95. The normalized spacial score (nSPS) is 12.7. The van der Waals surface area contributed by atoms with Crippen LogP contribution in [0.25, 0.3) is 11.1 Å². The van der Waals surface area contributed by atoms with Crippen molar-refractivity contribution in [2.24, 2.45) is 5.73 Å². The molecule has 0 saturated heterocycles. The lowest BCUT2D eigenvalue weighted by Gasteiger charge is -2.10. The fraction of sp³-hybridized carbons (Fsp3) is 0.143. The molecule has 2 N–H and O–H groups in total. The van der Waals surface area contributed by atoms with E-state index in [9.17, 15) is 13.2 Å². The van der Waals surface area contributed by atoms with Gasteiger partial charge in [0.15, 0.2) is 0 Å². The van der Waals surface area contributed by atoms with E-state index in [1.807, 2.05) is 0 Å². The van der Waals surface area contributed by atoms with Gasteiger partial charge in [-0.25, -0.2) is 4.79 Å². The molecule has 7 heteroatoms. The quantitative estimate of drug-likeness (QED) is 0.731. The number of rotatable bonds is 3. The Bertz CT molecular complexity index is 706. The summed E-state index contributed by atoms with van der Waals surface area (Å²) in [6, 6.07) is 12.1. The maximum atomic E-state index is 11.2. The minimum Gasteiger partial charge on any atom is -0.344 e. The number of hydrogen-bond acceptors (Lipinski definition) is 6. The largest absolute Gasteiger partial charge is 0.344 e. The van der Waals surface area contributed by atoms with Gasteiger partial charge < -0.3 is 9.92 Å². The highest BCUT2D eigenvalue weighted by Crippen LogP contribution is 2.29. The number of benzene rings is 1. The van der Waals surface area contributed by atoms with Crippen LogP contribution in [0.3, 0.4) is 0 Å². The number of fused-ring (bicyclic) bond motifs is 1. The minimum atomic E-state index is -3.83. The van der Waals surface area contributed by atoms with E-state index in [1.165, 1.54) is 23.4 Å². The topological polar surface area (TPSA) is 99.4 Å². The van der Waals surface area contributed by atoms with Gasteiger partial charge in [0.1, 0.15) is 6.04 Å². The van der Waals surface area contributed by atoms with Gasteiger partial charge in [0.05, 0.1) is 11.9 Å². The second-order valence-corrected chi connectivity index (χ2v) is 5.99. The van der Waals surface area contributed by atoms with Gasteiger partial charge in [0, 0.05) is 6.20 Å². The Kier molecular flexibility index (Phi) is 4.35. The first kappa shape index (κ1) is 15.1. The molecule has 1 unspecified atom stereocenters. The summed E-state index contributed by atoms with van der Waals surface area (Å²) >= 11 is 0. The first-order valence-electron chi connectivity index (χ1n) is 6.07. The van der Waals surface area contributed by atoms with Gasteiger partial charge in [-0.3, -0.25) is 4.98 Å². The zero-order chi connectivity index (χ0) is 15.5. The van der Waals surface area contributed by atoms with Crippen molar-refractivity contribution in [1.29, 1.82) is 0 Å². The predicted octanol–water partition coefficient (Wildman–Crippen LogP) is 1.25. The molecule has 0 fully saturated rings. The number of pyridine rings is 1. The molecule has 1 heterocycles. The summed E-state index contributed by atoms with van der Waals surface area (Å²) in [5, 5.41) is 0. The first-order chi connectivity index (χ1) is 9.87. The average Bonchev–Trinajstić information content (AvgIpc) is 2.41. The van der Waals surface area contributed by atoms with Crippen molar-refractivity contribution < 1.29 is 17.4 Å². The number of aromatic nitrogens is 1. The van der Waals surface area contributed by atoms with Crippen LogP contribution in [0.4, 0.5) is 0 Å². The van der Waals surface area contributed by atoms with E-state index in [-0.39, 0.29) is 5.69 Å². The maximum Gasteiger partial charge on any atom is 0.344 e. The fourth-order valence-corrected chi connectivity index (χ4v) is 1.95. The molecule has 2 aliphatic rings. The standard InChI is InChI=1S/C8H10N2O4S.C6H4/c1-15(12,13)14-8(11)7(9)6-4-2-3-5-10-6;1-2-6-4-3-5(1)6/h2-5,7H,9H2,1H3;1-4H. The lowest BCUT2D eigenvalue weighted by molar-refractivity contribution is -0.135. The summed E-state index contributed by atoms with van der Waals surface area (Å²) in [5.74, 6) is -1.05. The van der Waals surface area contributed by atoms with E-state index in [0.29, 0.717) is 0 Å². The Morgan fingerprint density at radius 2 is 1.71 bits per heavy atom. The molecule has 0 amide bonds. The number of carbonyl (C=O) groups excluding carboxylic acids is 1. The third-order valence-corrected chi connectivity index (χ3v) is 3.18. The van der Waals surface area contributed by atoms with Crippen molar-refractivity contribution >= 4 is 16.1 Å². The van der Waals surface area contributed by atoms with Crippen LogP contribution < -0.4 is 5.73 Å². The first-order valence-corrected chi connectivity index (χ1v) is 7.89. The molecule has 3 rings (SSSR count). The highest BCUT2D eigenvalue weighted by atomic mass is 32.2. The Morgan fingerprint density at radius 1 is 1.14 bits per heavy atom. The van der Waals surface area contributed by atoms with Gasteiger partial charge in [0.2, 0.25) is 0 Å². The summed E-state index contributed by atoms with van der Waals surface area (Å²) in [6.07, 6.45) is 2.22. The maximum absolute atomic E-state index is 11.2. The number of nitrogens with zero attached hydrogens (tertiary/aromatic N) is 1. The van der Waals surface area contributed by atoms with Crippen LogP contribution in [0, 0.1) is 0 Å². The van der Waals surface area contributed by atoms with Crippen LogP contribution in [-0.2, 0) is 19.1 Å². The summed E-state index contributed by atoms with van der Waals surface area (Å²) in [4.78, 5) is 15.0. The molecule has 6 nitrogen and oxygen atoms in total. The Hall–Kier alpha value is -2.25. The molecule has 0 saturated carbocycles. The van der Waals surface area contributed by atoms with Gasteiger partial charge >= 0.3 is 16.1 Å². The van der Waals surface area contributed by atoms with Gasteiger partial charge in [-0.1, -0.05) is 30.3 Å². The predicted molar refractivity (Wildman–Crippen MR) is 77.5 cm³/mol. The van der Waals surface area contributed by atoms with E-state index in [2.05, 4.69) is 33.4 Å². The molecule has 2 aliphatic carbocycles. The minimum absolute atomic E-state index is 0.256. The summed E-state index contributed by atoms with van der Waals surface area (Å²) in [7, 11) is -3.83. The molecule has 21 heavy (non-hydrogen) atoms. The Labute approximate surface area is 122 Å². The van der Waals surface area contributed by atoms with Crippen molar-refractivity contribution in [3.05, 3.63) is 54.4 Å². The van der Waals surface area contributed by atoms with Crippen molar-refractivity contribution in [3.8, 4) is 11.1 Å². The Balaban J connectivity index is 0.000000218. The molecule has 0 radical (unpaired) electrons. The molecule has 1 aromatic rings. The molecular formula is C14H14N2O4S. The van der Waals surface area contributed by atoms with Crippen molar-refractivity contribution in [1.82, 2.24) is 4.98 Å². The van der Waals surface area contributed by atoms with Gasteiger partial charge in [-0.15, -0.1) is 0 Å². The lowest BCUT2D eigenvalue weighted by Crippen LogP contribution is -2.26. The van der Waals surface area contributed by atoms with E-state index in [1.54, 1.807) is 12.1 Å². The van der Waals surface area contributed by atoms with Gasteiger partial charge in [-0.05, 0) is 23.3 Å². The molecule has 1 atom stereocenters. The van der Waals surface area contributed by atoms with Crippen LogP contribution in [0.5, 0.6) is 0 Å². The molecule has 0 bridgehead atoms. The van der Waals surface area contributed by atoms with Gasteiger partial charge in [-0.2, -0.15) is 8.42 Å². The second kappa shape index (κ2) is 6.02. The molecule has 110 valence electrons. The second-order valence-electron chi connectivity index (χ2n) is 4.42. The van der Waals surface area contributed by atoms with E-state index >= 15 is 0 Å². The highest BCUT2D eigenvalue weighted by molar-refractivity contribution is 7.86. The monoisotopic (exact) mass is 306 g/mol. The van der Waals surface area contributed by atoms with Crippen molar-refractivity contribution in [3.63, 3.8) is 0 Å². The summed E-state index contributed by atoms with van der Waals surface area (Å²) in [5.41, 5.74) is 8.55. The van der Waals surface area contributed by atoms with Crippen molar-refractivity contribution in [2.45, 2.75) is 6.04 Å². The fourth-order valence-electron chi connectivity index (χ4n) is 1.54. The van der Waals surface area contributed by atoms with Crippen LogP contribution in [0.1, 0.15) is 11.7 Å². The average molecular weight is 306 g/mol. The van der Waals surface area contributed by atoms with Crippen LogP contribution in [-0.4, -0.2) is 25.6 Å². The zero-order valence-electron chi connectivity index (χ0n) is 11.3. The molecule has 0 aromatic carbocycles. The SMILES string of the molecule is CS(=O)(=O)OC(=O)C(N)c1ccccn1.c1cc2ccc1-2. The molecular weight excluding hydrogens is 292 g/mol. The number of carbonyl (C=O) groups is 1. The van der Waals surface area contributed by atoms with Crippen LogP contribution in [0.15, 0.2) is 48.7 Å². The van der Waals surface area contributed by atoms with Crippen molar-refractivity contribution in [2.75, 3.05) is 6.26 Å². The third-order valence-electron chi connectivity index (χ3n) is 2.71. The third kappa shape index (κ3) is 4.11. The van der Waals surface area contributed by atoms with Crippen LogP contribution >= 0.6 is 0 Å². The van der Waals surface area contributed by atoms with Crippen LogP contribution in [0.2, 0.25) is 0 Å². The molecule has 1 aromatic heterocycles. The smallest absolute Gasteiger partial charge is 0.344 e. The summed E-state index contributed by atoms with van der Waals surface area (Å²) < 4.78 is 25.4. The van der Waals surface area contributed by atoms with Gasteiger partial charge in [0.25, 0.3) is 0 Å². The summed E-state index contributed by atoms with van der Waals surface area (Å²) in [6.45, 7) is 0. The zero-order valence-corrected chi connectivity index (χ0v) is 12.1. The highest BCUT2D eigenvalue weighted by Gasteiger charge is 2.22. The Morgan fingerprint density at radius 3 is 2.05 bits per heavy atom. The molecule has 0 spiro atoms. The van der Waals surface area contributed by atoms with E-state index in [0.717, 1.165) is 6.26 Å². The number of nitrogens with two attached hydrogens (primary N) is 1. The number of hydrogen-bond donors (Lipinski definition) is 1. The van der Waals surface area contributed by atoms with E-state index in [4.69, 9.17) is 5.73 Å². The van der Waals surface area contributed by atoms with E-state index < -0.39 is 22.1 Å².